The number of nitrogens with one attached hydrogen (secondary N) is 1. The molecular weight excluding hydrogens is 236 g/mol. The van der Waals surface area contributed by atoms with E-state index in [4.69, 9.17) is 0 Å². The highest BCUT2D eigenvalue weighted by atomic mass is 16.2. The number of nitrogens with zero attached hydrogens (tertiary/aromatic N) is 1. The summed E-state index contributed by atoms with van der Waals surface area (Å²) in [5.74, 6) is 0.438. The first-order valence-corrected chi connectivity index (χ1v) is 6.93. The molecule has 1 heterocycles. The van der Waals surface area contributed by atoms with Crippen LogP contribution in [-0.4, -0.2) is 30.9 Å². The fourth-order valence-electron chi connectivity index (χ4n) is 2.63. The number of amides is 1. The minimum Gasteiger partial charge on any atom is -0.341 e. The van der Waals surface area contributed by atoms with Gasteiger partial charge in [-0.05, 0) is 55.5 Å². The Morgan fingerprint density at radius 1 is 1.21 bits per heavy atom. The molecule has 1 aromatic carbocycles. The van der Waals surface area contributed by atoms with Crippen LogP contribution in [-0.2, 0) is 11.3 Å². The standard InChI is InChI=1S/C16H24N2O/c1-10-6-11(2)13(4)15(12(10)3)9-18(5)16(19)14-7-17-8-14/h6,14,17H,7-9H2,1-5H3. The van der Waals surface area contributed by atoms with Gasteiger partial charge >= 0.3 is 0 Å². The molecule has 19 heavy (non-hydrogen) atoms. The third-order valence-corrected chi connectivity index (χ3v) is 4.42. The van der Waals surface area contributed by atoms with Crippen LogP contribution in [0.4, 0.5) is 0 Å². The molecule has 3 heteroatoms. The van der Waals surface area contributed by atoms with Gasteiger partial charge < -0.3 is 10.2 Å². The second-order valence-corrected chi connectivity index (χ2v) is 5.79. The molecule has 0 radical (unpaired) electrons. The summed E-state index contributed by atoms with van der Waals surface area (Å²) in [6, 6.07) is 2.23. The van der Waals surface area contributed by atoms with E-state index in [9.17, 15) is 4.79 Å². The predicted octanol–water partition coefficient (Wildman–Crippen LogP) is 2.10. The number of benzene rings is 1. The fraction of sp³-hybridized carbons (Fsp3) is 0.562. The molecule has 1 N–H and O–H groups in total. The number of hydrogen-bond acceptors (Lipinski definition) is 2. The van der Waals surface area contributed by atoms with E-state index in [1.807, 2.05) is 11.9 Å². The van der Waals surface area contributed by atoms with E-state index in [0.717, 1.165) is 19.6 Å². The Hall–Kier alpha value is -1.35. The van der Waals surface area contributed by atoms with Crippen molar-refractivity contribution in [1.82, 2.24) is 10.2 Å². The van der Waals surface area contributed by atoms with Crippen molar-refractivity contribution in [2.45, 2.75) is 34.2 Å². The molecule has 1 aliphatic rings. The fourth-order valence-corrected chi connectivity index (χ4v) is 2.63. The van der Waals surface area contributed by atoms with Gasteiger partial charge in [0, 0.05) is 26.7 Å². The van der Waals surface area contributed by atoms with Gasteiger partial charge in [0.05, 0.1) is 5.92 Å². The molecule has 1 aliphatic heterocycles. The number of aryl methyl sites for hydroxylation is 2. The normalized spacial score (nSPS) is 15.2. The third-order valence-electron chi connectivity index (χ3n) is 4.42. The summed E-state index contributed by atoms with van der Waals surface area (Å²) in [6.45, 7) is 11.0. The van der Waals surface area contributed by atoms with Crippen LogP contribution in [0.2, 0.25) is 0 Å². The lowest BCUT2D eigenvalue weighted by atomic mass is 9.93. The minimum atomic E-state index is 0.177. The second kappa shape index (κ2) is 5.33. The van der Waals surface area contributed by atoms with Gasteiger partial charge in [-0.1, -0.05) is 6.07 Å². The summed E-state index contributed by atoms with van der Waals surface area (Å²) in [4.78, 5) is 14.1. The van der Waals surface area contributed by atoms with Gasteiger partial charge in [-0.2, -0.15) is 0 Å². The summed E-state index contributed by atoms with van der Waals surface area (Å²) in [7, 11) is 1.91. The molecule has 1 saturated heterocycles. The minimum absolute atomic E-state index is 0.177. The summed E-state index contributed by atoms with van der Waals surface area (Å²) in [6.07, 6.45) is 0. The molecule has 3 nitrogen and oxygen atoms in total. The Morgan fingerprint density at radius 2 is 1.74 bits per heavy atom. The van der Waals surface area contributed by atoms with Crippen LogP contribution >= 0.6 is 0 Å². The largest absolute Gasteiger partial charge is 0.341 e. The topological polar surface area (TPSA) is 32.3 Å². The zero-order valence-electron chi connectivity index (χ0n) is 12.6. The van der Waals surface area contributed by atoms with Crippen molar-refractivity contribution >= 4 is 5.91 Å². The highest BCUT2D eigenvalue weighted by Crippen LogP contribution is 2.23. The van der Waals surface area contributed by atoms with Crippen LogP contribution in [0.15, 0.2) is 6.07 Å². The first kappa shape index (κ1) is 14.1. The highest BCUT2D eigenvalue weighted by Gasteiger charge is 2.28. The van der Waals surface area contributed by atoms with E-state index in [1.165, 1.54) is 27.8 Å². The average molecular weight is 260 g/mol. The van der Waals surface area contributed by atoms with E-state index in [-0.39, 0.29) is 11.8 Å². The SMILES string of the molecule is Cc1cc(C)c(C)c(CN(C)C(=O)C2CNC2)c1C. The molecule has 1 amide bonds. The molecule has 1 fully saturated rings. The molecule has 104 valence electrons. The van der Waals surface area contributed by atoms with E-state index in [2.05, 4.69) is 39.1 Å². The Balaban J connectivity index is 2.20. The molecule has 0 aromatic heterocycles. The third kappa shape index (κ3) is 2.66. The molecule has 0 aliphatic carbocycles. The van der Waals surface area contributed by atoms with Crippen LogP contribution in [0.5, 0.6) is 0 Å². The van der Waals surface area contributed by atoms with Crippen LogP contribution in [0.25, 0.3) is 0 Å². The van der Waals surface area contributed by atoms with Crippen molar-refractivity contribution in [3.63, 3.8) is 0 Å². The predicted molar refractivity (Wildman–Crippen MR) is 78.2 cm³/mol. The monoisotopic (exact) mass is 260 g/mol. The Morgan fingerprint density at radius 3 is 2.16 bits per heavy atom. The average Bonchev–Trinajstić information content (AvgIpc) is 2.29. The van der Waals surface area contributed by atoms with Gasteiger partial charge in [0.1, 0.15) is 0 Å². The van der Waals surface area contributed by atoms with Crippen LogP contribution in [0.1, 0.15) is 27.8 Å². The van der Waals surface area contributed by atoms with Crippen LogP contribution in [0.3, 0.4) is 0 Å². The lowest BCUT2D eigenvalue weighted by Crippen LogP contribution is -2.51. The zero-order chi connectivity index (χ0) is 14.2. The highest BCUT2D eigenvalue weighted by molar-refractivity contribution is 5.80. The van der Waals surface area contributed by atoms with E-state index in [1.54, 1.807) is 0 Å². The van der Waals surface area contributed by atoms with E-state index >= 15 is 0 Å². The van der Waals surface area contributed by atoms with Crippen molar-refractivity contribution in [2.75, 3.05) is 20.1 Å². The number of carbonyl (C=O) groups excluding carboxylic acids is 1. The first-order valence-electron chi connectivity index (χ1n) is 6.93. The van der Waals surface area contributed by atoms with Gasteiger partial charge in [-0.25, -0.2) is 0 Å². The van der Waals surface area contributed by atoms with Crippen molar-refractivity contribution in [3.05, 3.63) is 33.9 Å². The lowest BCUT2D eigenvalue weighted by Gasteiger charge is -2.31. The van der Waals surface area contributed by atoms with Gasteiger partial charge in [0.2, 0.25) is 5.91 Å². The summed E-state index contributed by atoms with van der Waals surface area (Å²) < 4.78 is 0. The number of hydrogen-bond donors (Lipinski definition) is 1. The molecular formula is C16H24N2O. The Kier molecular flexibility index (Phi) is 3.95. The lowest BCUT2D eigenvalue weighted by molar-refractivity contribution is -0.136. The van der Waals surface area contributed by atoms with Gasteiger partial charge in [-0.3, -0.25) is 4.79 Å². The van der Waals surface area contributed by atoms with Crippen molar-refractivity contribution in [1.29, 1.82) is 0 Å². The maximum absolute atomic E-state index is 12.2. The zero-order valence-corrected chi connectivity index (χ0v) is 12.6. The Labute approximate surface area is 116 Å². The molecule has 0 saturated carbocycles. The van der Waals surface area contributed by atoms with Crippen LogP contribution in [0, 0.1) is 33.6 Å². The number of rotatable bonds is 3. The second-order valence-electron chi connectivity index (χ2n) is 5.79. The van der Waals surface area contributed by atoms with Crippen molar-refractivity contribution in [3.8, 4) is 0 Å². The summed E-state index contributed by atoms with van der Waals surface area (Å²) in [5.41, 5.74) is 6.55. The van der Waals surface area contributed by atoms with E-state index < -0.39 is 0 Å². The summed E-state index contributed by atoms with van der Waals surface area (Å²) in [5, 5.41) is 3.15. The van der Waals surface area contributed by atoms with E-state index in [0.29, 0.717) is 0 Å². The molecule has 2 rings (SSSR count). The maximum Gasteiger partial charge on any atom is 0.228 e. The van der Waals surface area contributed by atoms with Gasteiger partial charge in [0.15, 0.2) is 0 Å². The van der Waals surface area contributed by atoms with Crippen molar-refractivity contribution < 1.29 is 4.79 Å². The smallest absolute Gasteiger partial charge is 0.228 e. The molecule has 0 spiro atoms. The van der Waals surface area contributed by atoms with Crippen molar-refractivity contribution in [2.24, 2.45) is 5.92 Å². The molecule has 0 bridgehead atoms. The van der Waals surface area contributed by atoms with Gasteiger partial charge in [-0.15, -0.1) is 0 Å². The molecule has 0 atom stereocenters. The number of carbonyl (C=O) groups is 1. The summed E-state index contributed by atoms with van der Waals surface area (Å²) >= 11 is 0. The quantitative estimate of drug-likeness (QED) is 0.902. The maximum atomic E-state index is 12.2. The molecule has 0 unspecified atom stereocenters. The van der Waals surface area contributed by atoms with Gasteiger partial charge in [0.25, 0.3) is 0 Å². The Bertz CT molecular complexity index is 478. The van der Waals surface area contributed by atoms with Crippen LogP contribution < -0.4 is 5.32 Å². The molecule has 1 aromatic rings. The first-order chi connectivity index (χ1) is 8.91.